The van der Waals surface area contributed by atoms with Gasteiger partial charge in [0.25, 0.3) is 0 Å². The lowest BCUT2D eigenvalue weighted by Gasteiger charge is -2.42. The monoisotopic (exact) mass is 359 g/mol. The van der Waals surface area contributed by atoms with Crippen LogP contribution in [0.1, 0.15) is 44.6 Å². The molecule has 2 aliphatic rings. The Labute approximate surface area is 155 Å². The number of aryl methyl sites for hydroxylation is 1. The van der Waals surface area contributed by atoms with Crippen LogP contribution in [-0.4, -0.2) is 47.2 Å². The molecule has 0 aromatic heterocycles. The van der Waals surface area contributed by atoms with E-state index in [-0.39, 0.29) is 24.7 Å². The number of nitrogens with one attached hydrogen (secondary N) is 2. The zero-order valence-electron chi connectivity index (χ0n) is 15.4. The van der Waals surface area contributed by atoms with E-state index < -0.39 is 5.97 Å². The maximum Gasteiger partial charge on any atom is 0.319 e. The number of benzene rings is 1. The van der Waals surface area contributed by atoms with Crippen molar-refractivity contribution in [3.05, 3.63) is 29.8 Å². The fourth-order valence-electron chi connectivity index (χ4n) is 3.63. The molecule has 0 unspecified atom stereocenters. The smallest absolute Gasteiger partial charge is 0.319 e. The highest BCUT2D eigenvalue weighted by Crippen LogP contribution is 2.33. The number of para-hydroxylation sites is 1. The van der Waals surface area contributed by atoms with E-state index in [0.29, 0.717) is 5.92 Å². The first-order valence-electron chi connectivity index (χ1n) is 9.66. The average molecular weight is 359 g/mol. The highest BCUT2D eigenvalue weighted by Gasteiger charge is 2.37. The molecule has 0 spiro atoms. The van der Waals surface area contributed by atoms with Crippen LogP contribution in [0.4, 0.5) is 10.5 Å². The van der Waals surface area contributed by atoms with Crippen LogP contribution < -0.4 is 10.6 Å². The van der Waals surface area contributed by atoms with Crippen LogP contribution >= 0.6 is 0 Å². The first-order chi connectivity index (χ1) is 12.5. The SMILES string of the molecule is CCCc1ccccc1NC(=O)NC1CC(N(CC(=O)O)CC2CC2)C1. The van der Waals surface area contributed by atoms with E-state index in [0.717, 1.165) is 43.5 Å². The Hall–Kier alpha value is -2.08. The van der Waals surface area contributed by atoms with Gasteiger partial charge >= 0.3 is 12.0 Å². The summed E-state index contributed by atoms with van der Waals surface area (Å²) < 4.78 is 0. The summed E-state index contributed by atoms with van der Waals surface area (Å²) in [6, 6.07) is 8.10. The highest BCUT2D eigenvalue weighted by atomic mass is 16.4. The van der Waals surface area contributed by atoms with E-state index >= 15 is 0 Å². The van der Waals surface area contributed by atoms with E-state index in [1.807, 2.05) is 24.3 Å². The zero-order valence-corrected chi connectivity index (χ0v) is 15.4. The fraction of sp³-hybridized carbons (Fsp3) is 0.600. The number of carbonyl (C=O) groups is 2. The number of anilines is 1. The van der Waals surface area contributed by atoms with Crippen LogP contribution in [0.25, 0.3) is 0 Å². The molecule has 6 nitrogen and oxygen atoms in total. The minimum Gasteiger partial charge on any atom is -0.480 e. The Morgan fingerprint density at radius 1 is 1.23 bits per heavy atom. The molecule has 3 rings (SSSR count). The predicted octanol–water partition coefficient (Wildman–Crippen LogP) is 3.09. The minimum absolute atomic E-state index is 0.102. The van der Waals surface area contributed by atoms with Gasteiger partial charge in [0.1, 0.15) is 0 Å². The van der Waals surface area contributed by atoms with Crippen LogP contribution in [0.5, 0.6) is 0 Å². The third-order valence-electron chi connectivity index (χ3n) is 5.28. The lowest BCUT2D eigenvalue weighted by atomic mass is 9.85. The van der Waals surface area contributed by atoms with Crippen LogP contribution in [0, 0.1) is 5.92 Å². The molecule has 142 valence electrons. The van der Waals surface area contributed by atoms with Crippen LogP contribution in [-0.2, 0) is 11.2 Å². The standard InChI is InChI=1S/C20H29N3O3/c1-2-5-15-6-3-4-7-18(15)22-20(26)21-16-10-17(11-16)23(13-19(24)25)12-14-8-9-14/h3-4,6-7,14,16-17H,2,5,8-13H2,1H3,(H,24,25)(H2,21,22,26). The highest BCUT2D eigenvalue weighted by molar-refractivity contribution is 5.90. The second-order valence-electron chi connectivity index (χ2n) is 7.59. The summed E-state index contributed by atoms with van der Waals surface area (Å²) in [4.78, 5) is 25.4. The molecule has 0 aliphatic heterocycles. The Bertz CT molecular complexity index is 639. The number of aliphatic carboxylic acids is 1. The molecule has 0 radical (unpaired) electrons. The van der Waals surface area contributed by atoms with Gasteiger partial charge in [-0.2, -0.15) is 0 Å². The molecule has 6 heteroatoms. The molecular weight excluding hydrogens is 330 g/mol. The molecule has 2 amide bonds. The van der Waals surface area contributed by atoms with E-state index in [9.17, 15) is 9.59 Å². The van der Waals surface area contributed by atoms with Crippen molar-refractivity contribution in [2.45, 2.75) is 57.5 Å². The number of amides is 2. The molecule has 2 fully saturated rings. The Kier molecular flexibility index (Phi) is 6.14. The largest absolute Gasteiger partial charge is 0.480 e. The van der Waals surface area contributed by atoms with Gasteiger partial charge in [0.2, 0.25) is 0 Å². The van der Waals surface area contributed by atoms with Crippen molar-refractivity contribution in [1.29, 1.82) is 0 Å². The van der Waals surface area contributed by atoms with E-state index in [1.165, 1.54) is 12.8 Å². The summed E-state index contributed by atoms with van der Waals surface area (Å²) in [5, 5.41) is 15.1. The Morgan fingerprint density at radius 2 is 1.96 bits per heavy atom. The molecule has 0 bridgehead atoms. The van der Waals surface area contributed by atoms with Crippen LogP contribution in [0.3, 0.4) is 0 Å². The van der Waals surface area contributed by atoms with Gasteiger partial charge in [-0.1, -0.05) is 31.5 Å². The van der Waals surface area contributed by atoms with Gasteiger partial charge < -0.3 is 15.7 Å². The first-order valence-corrected chi connectivity index (χ1v) is 9.66. The van der Waals surface area contributed by atoms with E-state index in [2.05, 4.69) is 22.5 Å². The summed E-state index contributed by atoms with van der Waals surface area (Å²) in [6.07, 6.45) is 6.04. The predicted molar refractivity (Wildman–Crippen MR) is 101 cm³/mol. The number of nitrogens with zero attached hydrogens (tertiary/aromatic N) is 1. The molecule has 1 aromatic carbocycles. The number of hydrogen-bond donors (Lipinski definition) is 3. The summed E-state index contributed by atoms with van der Waals surface area (Å²) in [5.41, 5.74) is 2.01. The van der Waals surface area contributed by atoms with Crippen molar-refractivity contribution in [2.24, 2.45) is 5.92 Å². The number of urea groups is 1. The zero-order chi connectivity index (χ0) is 18.5. The lowest BCUT2D eigenvalue weighted by molar-refractivity contribution is -0.139. The van der Waals surface area contributed by atoms with E-state index in [4.69, 9.17) is 5.11 Å². The van der Waals surface area contributed by atoms with Gasteiger partial charge in [-0.05, 0) is 49.7 Å². The van der Waals surface area contributed by atoms with Crippen LogP contribution in [0.2, 0.25) is 0 Å². The van der Waals surface area contributed by atoms with Gasteiger partial charge in [-0.15, -0.1) is 0 Å². The van der Waals surface area contributed by atoms with Gasteiger partial charge in [0.15, 0.2) is 0 Å². The van der Waals surface area contributed by atoms with Gasteiger partial charge in [0, 0.05) is 24.3 Å². The van der Waals surface area contributed by atoms with Crippen molar-refractivity contribution in [1.82, 2.24) is 10.2 Å². The second-order valence-corrected chi connectivity index (χ2v) is 7.59. The molecule has 3 N–H and O–H groups in total. The normalized spacial score (nSPS) is 21.9. The summed E-state index contributed by atoms with van der Waals surface area (Å²) >= 11 is 0. The fourth-order valence-corrected chi connectivity index (χ4v) is 3.63. The lowest BCUT2D eigenvalue weighted by Crippen LogP contribution is -2.55. The average Bonchev–Trinajstić information content (AvgIpc) is 3.35. The molecule has 0 heterocycles. The third-order valence-corrected chi connectivity index (χ3v) is 5.28. The molecule has 26 heavy (non-hydrogen) atoms. The van der Waals surface area contributed by atoms with Gasteiger partial charge in [0.05, 0.1) is 6.54 Å². The Morgan fingerprint density at radius 3 is 2.62 bits per heavy atom. The molecule has 2 saturated carbocycles. The van der Waals surface area contributed by atoms with Crippen molar-refractivity contribution in [3.8, 4) is 0 Å². The first kappa shape index (κ1) is 18.7. The minimum atomic E-state index is -0.771. The second kappa shape index (κ2) is 8.54. The van der Waals surface area contributed by atoms with Crippen molar-refractivity contribution in [3.63, 3.8) is 0 Å². The number of carboxylic acids is 1. The number of carbonyl (C=O) groups excluding carboxylic acids is 1. The van der Waals surface area contributed by atoms with Crippen molar-refractivity contribution >= 4 is 17.7 Å². The molecule has 0 saturated heterocycles. The summed E-state index contributed by atoms with van der Waals surface area (Å²) in [7, 11) is 0. The summed E-state index contributed by atoms with van der Waals surface area (Å²) in [5.74, 6) is -0.105. The molecule has 1 aromatic rings. The Balaban J connectivity index is 1.45. The molecule has 0 atom stereocenters. The molecule has 2 aliphatic carbocycles. The third kappa shape index (κ3) is 5.21. The quantitative estimate of drug-likeness (QED) is 0.633. The van der Waals surface area contributed by atoms with Crippen molar-refractivity contribution in [2.75, 3.05) is 18.4 Å². The maximum absolute atomic E-state index is 12.3. The maximum atomic E-state index is 12.3. The van der Waals surface area contributed by atoms with E-state index in [1.54, 1.807) is 0 Å². The van der Waals surface area contributed by atoms with Gasteiger partial charge in [-0.3, -0.25) is 9.69 Å². The summed E-state index contributed by atoms with van der Waals surface area (Å²) in [6.45, 7) is 3.10. The number of hydrogen-bond acceptors (Lipinski definition) is 3. The molecular formula is C20H29N3O3. The number of carboxylic acid groups (broad SMARTS) is 1. The topological polar surface area (TPSA) is 81.7 Å². The number of rotatable bonds is 9. The van der Waals surface area contributed by atoms with Crippen LogP contribution in [0.15, 0.2) is 24.3 Å². The van der Waals surface area contributed by atoms with Gasteiger partial charge in [-0.25, -0.2) is 4.79 Å². The van der Waals surface area contributed by atoms with Crippen molar-refractivity contribution < 1.29 is 14.7 Å².